The van der Waals surface area contributed by atoms with E-state index in [4.69, 9.17) is 0 Å². The van der Waals surface area contributed by atoms with Gasteiger partial charge in [0.1, 0.15) is 5.75 Å². The van der Waals surface area contributed by atoms with Crippen LogP contribution in [0.5, 0.6) is 5.75 Å². The summed E-state index contributed by atoms with van der Waals surface area (Å²) >= 11 is 0. The molecule has 0 aromatic heterocycles. The Labute approximate surface area is 80.6 Å². The highest BCUT2D eigenvalue weighted by Crippen LogP contribution is 2.40. The van der Waals surface area contributed by atoms with Crippen LogP contribution in [0.25, 0.3) is 0 Å². The van der Waals surface area contributed by atoms with E-state index >= 15 is 0 Å². The summed E-state index contributed by atoms with van der Waals surface area (Å²) in [6, 6.07) is 7.55. The van der Waals surface area contributed by atoms with E-state index in [1.165, 1.54) is 12.8 Å². The van der Waals surface area contributed by atoms with Crippen LogP contribution >= 0.6 is 9.39 Å². The fourth-order valence-electron chi connectivity index (χ4n) is 1.55. The summed E-state index contributed by atoms with van der Waals surface area (Å²) in [5.74, 6) is 0.411. The van der Waals surface area contributed by atoms with Gasteiger partial charge in [-0.25, -0.2) is 0 Å². The second kappa shape index (κ2) is 3.28. The summed E-state index contributed by atoms with van der Waals surface area (Å²) in [6.07, 6.45) is 3.32. The molecule has 2 N–H and O–H groups in total. The van der Waals surface area contributed by atoms with Crippen LogP contribution in [0.15, 0.2) is 24.3 Å². The number of rotatable bonds is 3. The number of benzene rings is 1. The molecule has 13 heavy (non-hydrogen) atoms. The topological polar surface area (TPSA) is 32.3 Å². The highest BCUT2D eigenvalue weighted by Gasteiger charge is 2.41. The van der Waals surface area contributed by atoms with Crippen LogP contribution in [0.2, 0.25) is 0 Å². The maximum Gasteiger partial charge on any atom is 0.118 e. The zero-order valence-corrected chi connectivity index (χ0v) is 8.61. The van der Waals surface area contributed by atoms with Gasteiger partial charge in [0.15, 0.2) is 0 Å². The molecule has 2 nitrogen and oxygen atoms in total. The van der Waals surface area contributed by atoms with Gasteiger partial charge in [0, 0.05) is 5.54 Å². The molecule has 1 unspecified atom stereocenters. The van der Waals surface area contributed by atoms with E-state index < -0.39 is 0 Å². The van der Waals surface area contributed by atoms with Crippen LogP contribution in [0, 0.1) is 0 Å². The fourth-order valence-corrected chi connectivity index (χ4v) is 1.94. The molecule has 0 amide bonds. The Balaban J connectivity index is 2.14. The third kappa shape index (κ3) is 1.84. The van der Waals surface area contributed by atoms with E-state index in [2.05, 4.69) is 14.5 Å². The van der Waals surface area contributed by atoms with Gasteiger partial charge >= 0.3 is 0 Å². The molecule has 1 fully saturated rings. The Bertz CT molecular complexity index is 310. The molecule has 0 radical (unpaired) electrons. The van der Waals surface area contributed by atoms with Gasteiger partial charge in [-0.15, -0.1) is 0 Å². The number of hydrogen-bond acceptors (Lipinski definition) is 2. The van der Waals surface area contributed by atoms with E-state index in [-0.39, 0.29) is 5.54 Å². The largest absolute Gasteiger partial charge is 0.508 e. The van der Waals surface area contributed by atoms with Crippen molar-refractivity contribution in [1.29, 1.82) is 0 Å². The second-order valence-electron chi connectivity index (χ2n) is 3.73. The number of hydrogen-bond donors (Lipinski definition) is 2. The van der Waals surface area contributed by atoms with Crippen molar-refractivity contribution in [3.8, 4) is 5.75 Å². The summed E-state index contributed by atoms with van der Waals surface area (Å²) in [7, 11) is 2.57. The van der Waals surface area contributed by atoms with Gasteiger partial charge in [0.2, 0.25) is 0 Å². The molecule has 70 valence electrons. The minimum absolute atomic E-state index is 0.240. The SMILES string of the molecule is Oc1ccccc1CC1(NP)CC1. The Morgan fingerprint density at radius 1 is 1.38 bits per heavy atom. The standard InChI is InChI=1S/C10H14NOP/c12-9-4-2-1-3-8(9)7-10(11-13)5-6-10/h1-4,11-12H,5-7,13H2. The Kier molecular flexibility index (Phi) is 2.27. The highest BCUT2D eigenvalue weighted by atomic mass is 31.0. The van der Waals surface area contributed by atoms with Crippen molar-refractivity contribution < 1.29 is 5.11 Å². The van der Waals surface area contributed by atoms with Gasteiger partial charge in [-0.3, -0.25) is 5.09 Å². The van der Waals surface area contributed by atoms with E-state index in [9.17, 15) is 5.11 Å². The van der Waals surface area contributed by atoms with Gasteiger partial charge in [0.05, 0.1) is 0 Å². The van der Waals surface area contributed by atoms with Crippen LogP contribution in [0.3, 0.4) is 0 Å². The van der Waals surface area contributed by atoms with Crippen molar-refractivity contribution in [2.45, 2.75) is 24.8 Å². The molecule has 1 atom stereocenters. The molecule has 2 rings (SSSR count). The molecular weight excluding hydrogens is 181 g/mol. The van der Waals surface area contributed by atoms with E-state index in [0.717, 1.165) is 12.0 Å². The first-order chi connectivity index (χ1) is 6.26. The molecule has 1 aromatic carbocycles. The van der Waals surface area contributed by atoms with Crippen molar-refractivity contribution in [3.05, 3.63) is 29.8 Å². The average Bonchev–Trinajstić information content (AvgIpc) is 2.90. The summed E-state index contributed by atoms with van der Waals surface area (Å²) in [5.41, 5.74) is 1.28. The maximum absolute atomic E-state index is 9.56. The third-order valence-electron chi connectivity index (χ3n) is 2.68. The molecular formula is C10H14NOP. The average molecular weight is 195 g/mol. The fraction of sp³-hybridized carbons (Fsp3) is 0.400. The molecule has 1 aliphatic carbocycles. The number of nitrogens with one attached hydrogen (secondary N) is 1. The number of phenols is 1. The molecule has 0 aliphatic heterocycles. The van der Waals surface area contributed by atoms with Crippen LogP contribution in [0.1, 0.15) is 18.4 Å². The van der Waals surface area contributed by atoms with Crippen LogP contribution in [0.4, 0.5) is 0 Å². The lowest BCUT2D eigenvalue weighted by molar-refractivity contribution is 0.462. The zero-order valence-electron chi connectivity index (χ0n) is 7.46. The molecule has 0 spiro atoms. The zero-order chi connectivity index (χ0) is 9.31. The first-order valence-electron chi connectivity index (χ1n) is 4.50. The third-order valence-corrected chi connectivity index (χ3v) is 3.29. The van der Waals surface area contributed by atoms with Crippen LogP contribution < -0.4 is 5.09 Å². The van der Waals surface area contributed by atoms with E-state index in [1.54, 1.807) is 6.07 Å². The normalized spacial score (nSPS) is 18.5. The molecule has 0 bridgehead atoms. The maximum atomic E-state index is 9.56. The van der Waals surface area contributed by atoms with Crippen molar-refractivity contribution in [3.63, 3.8) is 0 Å². The second-order valence-corrected chi connectivity index (χ2v) is 4.02. The van der Waals surface area contributed by atoms with Gasteiger partial charge < -0.3 is 5.11 Å². The van der Waals surface area contributed by atoms with Crippen LogP contribution in [-0.2, 0) is 6.42 Å². The Hall–Kier alpha value is -0.590. The Morgan fingerprint density at radius 2 is 2.08 bits per heavy atom. The lowest BCUT2D eigenvalue weighted by Crippen LogP contribution is -2.24. The van der Waals surface area contributed by atoms with Gasteiger partial charge in [-0.1, -0.05) is 27.6 Å². The first-order valence-corrected chi connectivity index (χ1v) is 5.08. The first kappa shape index (κ1) is 8.98. The summed E-state index contributed by atoms with van der Waals surface area (Å²) < 4.78 is 0. The van der Waals surface area contributed by atoms with Crippen LogP contribution in [-0.4, -0.2) is 10.6 Å². The van der Waals surface area contributed by atoms with Gasteiger partial charge in [-0.05, 0) is 30.9 Å². The van der Waals surface area contributed by atoms with Crippen molar-refractivity contribution in [1.82, 2.24) is 5.09 Å². The lowest BCUT2D eigenvalue weighted by atomic mass is 10.0. The molecule has 0 saturated heterocycles. The molecule has 1 aromatic rings. The predicted molar refractivity (Wildman–Crippen MR) is 56.6 cm³/mol. The summed E-state index contributed by atoms with van der Waals surface area (Å²) in [4.78, 5) is 0. The molecule has 3 heteroatoms. The molecule has 1 aliphatic rings. The van der Waals surface area contributed by atoms with E-state index in [1.807, 2.05) is 18.2 Å². The number of aromatic hydroxyl groups is 1. The predicted octanol–water partition coefficient (Wildman–Crippen LogP) is 1.85. The molecule has 0 heterocycles. The smallest absolute Gasteiger partial charge is 0.118 e. The van der Waals surface area contributed by atoms with Gasteiger partial charge in [0.25, 0.3) is 0 Å². The molecule has 1 saturated carbocycles. The van der Waals surface area contributed by atoms with E-state index in [0.29, 0.717) is 5.75 Å². The van der Waals surface area contributed by atoms with Crippen molar-refractivity contribution in [2.24, 2.45) is 0 Å². The minimum Gasteiger partial charge on any atom is -0.508 e. The summed E-state index contributed by atoms with van der Waals surface area (Å²) in [5, 5.41) is 12.8. The number of para-hydroxylation sites is 1. The Morgan fingerprint density at radius 3 is 2.62 bits per heavy atom. The summed E-state index contributed by atoms with van der Waals surface area (Å²) in [6.45, 7) is 0. The lowest BCUT2D eigenvalue weighted by Gasteiger charge is -2.14. The van der Waals surface area contributed by atoms with Crippen molar-refractivity contribution in [2.75, 3.05) is 0 Å². The monoisotopic (exact) mass is 195 g/mol. The quantitative estimate of drug-likeness (QED) is 0.721. The van der Waals surface area contributed by atoms with Crippen molar-refractivity contribution >= 4 is 9.39 Å². The number of phenolic OH excluding ortho intramolecular Hbond substituents is 1. The minimum atomic E-state index is 0.240. The highest BCUT2D eigenvalue weighted by molar-refractivity contribution is 7.13. The van der Waals surface area contributed by atoms with Gasteiger partial charge in [-0.2, -0.15) is 0 Å².